The van der Waals surface area contributed by atoms with Crippen molar-refractivity contribution in [3.63, 3.8) is 0 Å². The molecule has 0 aliphatic heterocycles. The Kier molecular flexibility index (Phi) is 5.75. The lowest BCUT2D eigenvalue weighted by Gasteiger charge is -2.36. The van der Waals surface area contributed by atoms with Crippen LogP contribution in [0, 0.1) is 17.3 Å². The third-order valence-corrected chi connectivity index (χ3v) is 4.34. The number of amides is 2. The molecule has 1 aliphatic rings. The summed E-state index contributed by atoms with van der Waals surface area (Å²) in [7, 11) is 0. The van der Waals surface area contributed by atoms with E-state index >= 15 is 0 Å². The molecule has 0 saturated heterocycles. The number of carboxylic acid groups (broad SMARTS) is 1. The van der Waals surface area contributed by atoms with Crippen molar-refractivity contribution in [2.75, 3.05) is 0 Å². The monoisotopic (exact) mass is 298 g/mol. The van der Waals surface area contributed by atoms with Crippen LogP contribution in [0.4, 0.5) is 0 Å². The number of aliphatic carboxylic acids is 1. The number of carbonyl (C=O) groups is 3. The fourth-order valence-corrected chi connectivity index (χ4v) is 2.91. The summed E-state index contributed by atoms with van der Waals surface area (Å²) < 4.78 is 0. The van der Waals surface area contributed by atoms with Gasteiger partial charge in [0.25, 0.3) is 0 Å². The number of hydrogen-bond donors (Lipinski definition) is 3. The van der Waals surface area contributed by atoms with E-state index in [0.29, 0.717) is 5.92 Å². The maximum absolute atomic E-state index is 12.1. The van der Waals surface area contributed by atoms with Crippen LogP contribution in [0.25, 0.3) is 0 Å². The van der Waals surface area contributed by atoms with Gasteiger partial charge in [-0.05, 0) is 37.0 Å². The summed E-state index contributed by atoms with van der Waals surface area (Å²) >= 11 is 0. The molecule has 1 fully saturated rings. The molecule has 0 radical (unpaired) electrons. The number of carbonyl (C=O) groups excluding carboxylic acids is 2. The van der Waals surface area contributed by atoms with Gasteiger partial charge in [-0.3, -0.25) is 9.59 Å². The van der Waals surface area contributed by atoms with Crippen molar-refractivity contribution in [2.24, 2.45) is 23.0 Å². The van der Waals surface area contributed by atoms with Crippen molar-refractivity contribution in [3.8, 4) is 0 Å². The highest BCUT2D eigenvalue weighted by atomic mass is 16.4. The lowest BCUT2D eigenvalue weighted by molar-refractivity contribution is -0.144. The molecule has 21 heavy (non-hydrogen) atoms. The number of rotatable bonds is 5. The molecule has 0 aromatic heterocycles. The second kappa shape index (κ2) is 6.91. The molecule has 120 valence electrons. The molecule has 0 spiro atoms. The predicted octanol–water partition coefficient (Wildman–Crippen LogP) is 1.28. The summed E-state index contributed by atoms with van der Waals surface area (Å²) in [5.41, 5.74) is 5.23. The molecule has 0 heterocycles. The van der Waals surface area contributed by atoms with E-state index < -0.39 is 17.9 Å². The van der Waals surface area contributed by atoms with Crippen LogP contribution in [-0.2, 0) is 14.4 Å². The standard InChI is InChI=1S/C15H26N2O4/c1-15(2,3)10-6-4-9(5-7-10)13(19)17-11(14(20)21)8-12(16)18/h9-11H,4-8H2,1-3H3,(H2,16,18)(H,17,19)(H,20,21)/t9?,10?,11-/m1/s1. The zero-order valence-corrected chi connectivity index (χ0v) is 13.0. The van der Waals surface area contributed by atoms with Gasteiger partial charge in [0.15, 0.2) is 0 Å². The molecule has 1 atom stereocenters. The minimum absolute atomic E-state index is 0.168. The van der Waals surface area contributed by atoms with Crippen molar-refractivity contribution in [3.05, 3.63) is 0 Å². The van der Waals surface area contributed by atoms with E-state index in [1.165, 1.54) is 0 Å². The van der Waals surface area contributed by atoms with Gasteiger partial charge >= 0.3 is 5.97 Å². The van der Waals surface area contributed by atoms with E-state index in [9.17, 15) is 14.4 Å². The van der Waals surface area contributed by atoms with E-state index in [2.05, 4.69) is 26.1 Å². The SMILES string of the molecule is CC(C)(C)C1CCC(C(=O)N[C@H](CC(N)=O)C(=O)O)CC1. The quantitative estimate of drug-likeness (QED) is 0.710. The Balaban J connectivity index is 2.53. The largest absolute Gasteiger partial charge is 0.480 e. The molecule has 6 heteroatoms. The van der Waals surface area contributed by atoms with Crippen LogP contribution >= 0.6 is 0 Å². The summed E-state index contributed by atoms with van der Waals surface area (Å²) in [6, 6.07) is -1.23. The van der Waals surface area contributed by atoms with Crippen LogP contribution in [0.2, 0.25) is 0 Å². The number of nitrogens with two attached hydrogens (primary N) is 1. The van der Waals surface area contributed by atoms with Crippen molar-refractivity contribution in [1.29, 1.82) is 0 Å². The van der Waals surface area contributed by atoms with Gasteiger partial charge in [0.1, 0.15) is 6.04 Å². The van der Waals surface area contributed by atoms with Gasteiger partial charge in [-0.2, -0.15) is 0 Å². The topological polar surface area (TPSA) is 109 Å². The zero-order chi connectivity index (χ0) is 16.2. The van der Waals surface area contributed by atoms with Gasteiger partial charge in [-0.25, -0.2) is 4.79 Å². The molecule has 2 amide bonds. The Morgan fingerprint density at radius 1 is 1.19 bits per heavy atom. The van der Waals surface area contributed by atoms with Crippen LogP contribution in [-0.4, -0.2) is 28.9 Å². The summed E-state index contributed by atoms with van der Waals surface area (Å²) in [6.07, 6.45) is 3.08. The smallest absolute Gasteiger partial charge is 0.326 e. The first-order valence-electron chi connectivity index (χ1n) is 7.42. The van der Waals surface area contributed by atoms with Gasteiger partial charge in [0, 0.05) is 5.92 Å². The van der Waals surface area contributed by atoms with Gasteiger partial charge in [-0.15, -0.1) is 0 Å². The fourth-order valence-electron chi connectivity index (χ4n) is 2.91. The Labute approximate surface area is 125 Å². The van der Waals surface area contributed by atoms with Crippen LogP contribution < -0.4 is 11.1 Å². The van der Waals surface area contributed by atoms with Gasteiger partial charge < -0.3 is 16.2 Å². The molecule has 4 N–H and O–H groups in total. The highest BCUT2D eigenvalue weighted by Crippen LogP contribution is 2.39. The highest BCUT2D eigenvalue weighted by molar-refractivity contribution is 5.88. The fraction of sp³-hybridized carbons (Fsp3) is 0.800. The highest BCUT2D eigenvalue weighted by Gasteiger charge is 2.33. The molecule has 0 bridgehead atoms. The van der Waals surface area contributed by atoms with Crippen molar-refractivity contribution in [1.82, 2.24) is 5.32 Å². The maximum atomic E-state index is 12.1. The van der Waals surface area contributed by atoms with Gasteiger partial charge in [-0.1, -0.05) is 20.8 Å². The predicted molar refractivity (Wildman–Crippen MR) is 78.3 cm³/mol. The van der Waals surface area contributed by atoms with Crippen molar-refractivity contribution in [2.45, 2.75) is 58.9 Å². The van der Waals surface area contributed by atoms with E-state index in [-0.39, 0.29) is 23.7 Å². The normalized spacial score (nSPS) is 24.1. The Morgan fingerprint density at radius 2 is 1.71 bits per heavy atom. The molecular weight excluding hydrogens is 272 g/mol. The average molecular weight is 298 g/mol. The summed E-state index contributed by atoms with van der Waals surface area (Å²) in [4.78, 5) is 34.0. The van der Waals surface area contributed by atoms with Crippen molar-refractivity contribution < 1.29 is 19.5 Å². The first-order valence-corrected chi connectivity index (χ1v) is 7.42. The maximum Gasteiger partial charge on any atom is 0.326 e. The Hall–Kier alpha value is -1.59. The lowest BCUT2D eigenvalue weighted by atomic mass is 9.69. The third kappa shape index (κ3) is 5.36. The Morgan fingerprint density at radius 3 is 2.10 bits per heavy atom. The first-order chi connectivity index (χ1) is 9.61. The minimum Gasteiger partial charge on any atom is -0.480 e. The molecule has 0 aromatic rings. The number of hydrogen-bond acceptors (Lipinski definition) is 3. The molecule has 6 nitrogen and oxygen atoms in total. The van der Waals surface area contributed by atoms with E-state index in [4.69, 9.17) is 10.8 Å². The molecule has 1 rings (SSSR count). The number of primary amides is 1. The van der Waals surface area contributed by atoms with Crippen LogP contribution in [0.5, 0.6) is 0 Å². The van der Waals surface area contributed by atoms with E-state index in [1.54, 1.807) is 0 Å². The Bertz CT molecular complexity index is 406. The molecular formula is C15H26N2O4. The average Bonchev–Trinajstić information content (AvgIpc) is 2.36. The molecule has 0 unspecified atom stereocenters. The second-order valence-corrected chi connectivity index (χ2v) is 6.98. The van der Waals surface area contributed by atoms with Crippen LogP contribution in [0.15, 0.2) is 0 Å². The van der Waals surface area contributed by atoms with Crippen molar-refractivity contribution >= 4 is 17.8 Å². The zero-order valence-electron chi connectivity index (χ0n) is 13.0. The first kappa shape index (κ1) is 17.5. The van der Waals surface area contributed by atoms with E-state index in [0.717, 1.165) is 25.7 Å². The lowest BCUT2D eigenvalue weighted by Crippen LogP contribution is -2.46. The minimum atomic E-state index is -1.23. The second-order valence-electron chi connectivity index (χ2n) is 6.98. The van der Waals surface area contributed by atoms with Crippen LogP contribution in [0.1, 0.15) is 52.9 Å². The van der Waals surface area contributed by atoms with Gasteiger partial charge in [0.2, 0.25) is 11.8 Å². The third-order valence-electron chi connectivity index (χ3n) is 4.34. The summed E-state index contributed by atoms with van der Waals surface area (Å²) in [5.74, 6) is -1.83. The molecule has 1 saturated carbocycles. The van der Waals surface area contributed by atoms with Gasteiger partial charge in [0.05, 0.1) is 6.42 Å². The van der Waals surface area contributed by atoms with Crippen LogP contribution in [0.3, 0.4) is 0 Å². The number of nitrogens with one attached hydrogen (secondary N) is 1. The summed E-state index contributed by atoms with van der Waals surface area (Å²) in [5, 5.41) is 11.4. The molecule has 1 aliphatic carbocycles. The van der Waals surface area contributed by atoms with E-state index in [1.807, 2.05) is 0 Å². The summed E-state index contributed by atoms with van der Waals surface area (Å²) in [6.45, 7) is 6.60. The molecule has 0 aromatic carbocycles. The number of carboxylic acids is 1.